The fraction of sp³-hybridized carbons (Fsp3) is 0.267. The van der Waals surface area contributed by atoms with Crippen LogP contribution in [0.4, 0.5) is 0 Å². The lowest BCUT2D eigenvalue weighted by Gasteiger charge is -2.21. The standard InChI is InChI=1S/C15H16Br2N2/c1-10(12-5-7-18-8-6-12)19-11(2)14-4-3-13(16)9-15(14)17/h3-11,19H,1-2H3/t10-,11?/m0/s1. The van der Waals surface area contributed by atoms with Gasteiger partial charge in [-0.3, -0.25) is 4.98 Å². The fourth-order valence-electron chi connectivity index (χ4n) is 2.07. The van der Waals surface area contributed by atoms with Crippen molar-refractivity contribution in [2.45, 2.75) is 25.9 Å². The van der Waals surface area contributed by atoms with Crippen molar-refractivity contribution in [3.63, 3.8) is 0 Å². The molecule has 0 aliphatic carbocycles. The first kappa shape index (κ1) is 14.7. The maximum atomic E-state index is 4.05. The summed E-state index contributed by atoms with van der Waals surface area (Å²) in [6.07, 6.45) is 3.65. The lowest BCUT2D eigenvalue weighted by Crippen LogP contribution is -2.22. The highest BCUT2D eigenvalue weighted by molar-refractivity contribution is 9.11. The van der Waals surface area contributed by atoms with Crippen LogP contribution in [-0.2, 0) is 0 Å². The summed E-state index contributed by atoms with van der Waals surface area (Å²) in [4.78, 5) is 4.05. The predicted octanol–water partition coefficient (Wildman–Crippen LogP) is 5.02. The van der Waals surface area contributed by atoms with Crippen molar-refractivity contribution in [3.05, 3.63) is 62.8 Å². The highest BCUT2D eigenvalue weighted by Gasteiger charge is 2.13. The summed E-state index contributed by atoms with van der Waals surface area (Å²) in [7, 11) is 0. The first-order chi connectivity index (χ1) is 9.08. The third-order valence-electron chi connectivity index (χ3n) is 3.14. The number of pyridine rings is 1. The molecule has 0 saturated heterocycles. The van der Waals surface area contributed by atoms with Gasteiger partial charge < -0.3 is 5.32 Å². The van der Waals surface area contributed by atoms with Crippen molar-refractivity contribution in [3.8, 4) is 0 Å². The molecule has 2 atom stereocenters. The van der Waals surface area contributed by atoms with Gasteiger partial charge in [0, 0.05) is 33.4 Å². The van der Waals surface area contributed by atoms with Gasteiger partial charge in [-0.15, -0.1) is 0 Å². The van der Waals surface area contributed by atoms with Crippen LogP contribution < -0.4 is 5.32 Å². The monoisotopic (exact) mass is 382 g/mol. The summed E-state index contributed by atoms with van der Waals surface area (Å²) >= 11 is 7.09. The largest absolute Gasteiger partial charge is 0.304 e. The molecule has 2 nitrogen and oxygen atoms in total. The van der Waals surface area contributed by atoms with Gasteiger partial charge in [0.25, 0.3) is 0 Å². The van der Waals surface area contributed by atoms with Gasteiger partial charge in [0.05, 0.1) is 0 Å². The molecule has 2 aromatic rings. The Morgan fingerprint density at radius 2 is 1.68 bits per heavy atom. The molecule has 2 rings (SSSR count). The molecule has 1 aromatic heterocycles. The van der Waals surface area contributed by atoms with Gasteiger partial charge in [-0.1, -0.05) is 37.9 Å². The maximum Gasteiger partial charge on any atom is 0.0308 e. The van der Waals surface area contributed by atoms with Crippen molar-refractivity contribution < 1.29 is 0 Å². The first-order valence-electron chi connectivity index (χ1n) is 6.19. The number of hydrogen-bond donors (Lipinski definition) is 1. The van der Waals surface area contributed by atoms with Crippen LogP contribution in [-0.4, -0.2) is 4.98 Å². The summed E-state index contributed by atoms with van der Waals surface area (Å²) in [5.41, 5.74) is 2.50. The Hall–Kier alpha value is -0.710. The number of halogens is 2. The zero-order chi connectivity index (χ0) is 13.8. The average molecular weight is 384 g/mol. The molecule has 1 heterocycles. The second-order valence-electron chi connectivity index (χ2n) is 4.56. The lowest BCUT2D eigenvalue weighted by atomic mass is 10.1. The zero-order valence-electron chi connectivity index (χ0n) is 10.9. The van der Waals surface area contributed by atoms with E-state index in [-0.39, 0.29) is 12.1 Å². The van der Waals surface area contributed by atoms with Gasteiger partial charge in [0.1, 0.15) is 0 Å². The third-order valence-corrected chi connectivity index (χ3v) is 4.32. The zero-order valence-corrected chi connectivity index (χ0v) is 14.1. The Labute approximate surface area is 130 Å². The number of benzene rings is 1. The summed E-state index contributed by atoms with van der Waals surface area (Å²) in [6, 6.07) is 10.9. The van der Waals surface area contributed by atoms with Crippen molar-refractivity contribution in [1.29, 1.82) is 0 Å². The molecule has 1 unspecified atom stereocenters. The van der Waals surface area contributed by atoms with Gasteiger partial charge in [-0.2, -0.15) is 0 Å². The van der Waals surface area contributed by atoms with Crippen molar-refractivity contribution in [2.24, 2.45) is 0 Å². The van der Waals surface area contributed by atoms with Crippen molar-refractivity contribution >= 4 is 31.9 Å². The van der Waals surface area contributed by atoms with Crippen LogP contribution in [0.15, 0.2) is 51.7 Å². The van der Waals surface area contributed by atoms with Gasteiger partial charge in [0.15, 0.2) is 0 Å². The molecule has 100 valence electrons. The van der Waals surface area contributed by atoms with Crippen molar-refractivity contribution in [1.82, 2.24) is 10.3 Å². The van der Waals surface area contributed by atoms with E-state index in [2.05, 4.69) is 74.2 Å². The number of rotatable bonds is 4. The minimum atomic E-state index is 0.269. The third kappa shape index (κ3) is 3.88. The number of aromatic nitrogens is 1. The highest BCUT2D eigenvalue weighted by atomic mass is 79.9. The summed E-state index contributed by atoms with van der Waals surface area (Å²) in [6.45, 7) is 4.34. The Kier molecular flexibility index (Phi) is 5.13. The Morgan fingerprint density at radius 3 is 2.32 bits per heavy atom. The average Bonchev–Trinajstić information content (AvgIpc) is 2.39. The molecule has 0 aliphatic heterocycles. The Balaban J connectivity index is 2.10. The molecule has 0 radical (unpaired) electrons. The van der Waals surface area contributed by atoms with E-state index < -0.39 is 0 Å². The molecular formula is C15H16Br2N2. The Morgan fingerprint density at radius 1 is 1.00 bits per heavy atom. The van der Waals surface area contributed by atoms with E-state index >= 15 is 0 Å². The quantitative estimate of drug-likeness (QED) is 0.801. The second kappa shape index (κ2) is 6.64. The molecule has 19 heavy (non-hydrogen) atoms. The predicted molar refractivity (Wildman–Crippen MR) is 86.0 cm³/mol. The fourth-order valence-corrected chi connectivity index (χ4v) is 3.46. The van der Waals surface area contributed by atoms with Crippen LogP contribution in [0.1, 0.15) is 37.1 Å². The van der Waals surface area contributed by atoms with Crippen LogP contribution in [0.5, 0.6) is 0 Å². The van der Waals surface area contributed by atoms with Gasteiger partial charge in [-0.25, -0.2) is 0 Å². The van der Waals surface area contributed by atoms with E-state index in [0.717, 1.165) is 8.95 Å². The molecule has 1 N–H and O–H groups in total. The molecule has 0 aliphatic rings. The molecule has 0 fully saturated rings. The number of nitrogens with zero attached hydrogens (tertiary/aromatic N) is 1. The van der Waals surface area contributed by atoms with Crippen LogP contribution in [0.25, 0.3) is 0 Å². The van der Waals surface area contributed by atoms with Gasteiger partial charge in [-0.05, 0) is 49.2 Å². The normalized spacial score (nSPS) is 14.1. The number of hydrogen-bond acceptors (Lipinski definition) is 2. The van der Waals surface area contributed by atoms with E-state index in [0.29, 0.717) is 0 Å². The molecule has 0 saturated carbocycles. The van der Waals surface area contributed by atoms with Crippen LogP contribution >= 0.6 is 31.9 Å². The molecule has 0 bridgehead atoms. The second-order valence-corrected chi connectivity index (χ2v) is 6.33. The van der Waals surface area contributed by atoms with E-state index in [9.17, 15) is 0 Å². The molecule has 0 amide bonds. The minimum Gasteiger partial charge on any atom is -0.304 e. The Bertz CT molecular complexity index is 543. The van der Waals surface area contributed by atoms with E-state index in [1.807, 2.05) is 24.5 Å². The maximum absolute atomic E-state index is 4.05. The minimum absolute atomic E-state index is 0.269. The number of nitrogens with one attached hydrogen (secondary N) is 1. The van der Waals surface area contributed by atoms with E-state index in [1.165, 1.54) is 11.1 Å². The van der Waals surface area contributed by atoms with E-state index in [4.69, 9.17) is 0 Å². The SMILES string of the molecule is CC(N[C@@H](C)c1ccncc1)c1ccc(Br)cc1Br. The van der Waals surface area contributed by atoms with Gasteiger partial charge in [0.2, 0.25) is 0 Å². The highest BCUT2D eigenvalue weighted by Crippen LogP contribution is 2.28. The summed E-state index contributed by atoms with van der Waals surface area (Å²) < 4.78 is 2.20. The summed E-state index contributed by atoms with van der Waals surface area (Å²) in [5.74, 6) is 0. The topological polar surface area (TPSA) is 24.9 Å². The molecular weight excluding hydrogens is 368 g/mol. The van der Waals surface area contributed by atoms with Crippen LogP contribution in [0.3, 0.4) is 0 Å². The van der Waals surface area contributed by atoms with E-state index in [1.54, 1.807) is 0 Å². The van der Waals surface area contributed by atoms with Gasteiger partial charge >= 0.3 is 0 Å². The molecule has 1 aromatic carbocycles. The van der Waals surface area contributed by atoms with Crippen LogP contribution in [0.2, 0.25) is 0 Å². The lowest BCUT2D eigenvalue weighted by molar-refractivity contribution is 0.493. The first-order valence-corrected chi connectivity index (χ1v) is 7.77. The molecule has 0 spiro atoms. The molecule has 4 heteroatoms. The van der Waals surface area contributed by atoms with Crippen molar-refractivity contribution in [2.75, 3.05) is 0 Å². The van der Waals surface area contributed by atoms with Crippen LogP contribution in [0, 0.1) is 0 Å². The smallest absolute Gasteiger partial charge is 0.0308 e. The summed E-state index contributed by atoms with van der Waals surface area (Å²) in [5, 5.41) is 3.60.